The van der Waals surface area contributed by atoms with Gasteiger partial charge in [-0.3, -0.25) is 4.79 Å². The predicted molar refractivity (Wildman–Crippen MR) is 85.3 cm³/mol. The van der Waals surface area contributed by atoms with Gasteiger partial charge in [0.1, 0.15) is 11.6 Å². The highest BCUT2D eigenvalue weighted by molar-refractivity contribution is 6.02. The summed E-state index contributed by atoms with van der Waals surface area (Å²) in [6, 6.07) is 7.82. The first-order valence-corrected chi connectivity index (χ1v) is 7.64. The second-order valence-electron chi connectivity index (χ2n) is 5.57. The van der Waals surface area contributed by atoms with Gasteiger partial charge in [-0.1, -0.05) is 0 Å². The third-order valence-corrected chi connectivity index (χ3v) is 3.74. The first-order chi connectivity index (χ1) is 11.1. The van der Waals surface area contributed by atoms with Crippen molar-refractivity contribution in [3.63, 3.8) is 0 Å². The SMILES string of the molecule is Cc1ccc(C(=O)Nc2ccc(NC[C@@H]3CCCO3)c(F)c2)o1. The van der Waals surface area contributed by atoms with Crippen molar-refractivity contribution in [1.82, 2.24) is 0 Å². The molecule has 0 radical (unpaired) electrons. The van der Waals surface area contributed by atoms with E-state index in [1.165, 1.54) is 6.07 Å². The summed E-state index contributed by atoms with van der Waals surface area (Å²) >= 11 is 0. The van der Waals surface area contributed by atoms with Crippen molar-refractivity contribution in [3.8, 4) is 0 Å². The number of carbonyl (C=O) groups excluding carboxylic acids is 1. The Kier molecular flexibility index (Phi) is 4.62. The number of benzene rings is 1. The molecule has 1 fully saturated rings. The molecule has 5 nitrogen and oxygen atoms in total. The van der Waals surface area contributed by atoms with Crippen LogP contribution in [0.15, 0.2) is 34.7 Å². The summed E-state index contributed by atoms with van der Waals surface area (Å²) in [5, 5.41) is 5.65. The fourth-order valence-electron chi connectivity index (χ4n) is 2.51. The van der Waals surface area contributed by atoms with Crippen molar-refractivity contribution in [2.45, 2.75) is 25.9 Å². The highest BCUT2D eigenvalue weighted by Crippen LogP contribution is 2.21. The molecule has 0 spiro atoms. The number of carbonyl (C=O) groups is 1. The van der Waals surface area contributed by atoms with Crippen molar-refractivity contribution in [3.05, 3.63) is 47.7 Å². The minimum atomic E-state index is -0.420. The zero-order valence-electron chi connectivity index (χ0n) is 12.9. The van der Waals surface area contributed by atoms with Crippen molar-refractivity contribution in [2.24, 2.45) is 0 Å². The molecular weight excluding hydrogens is 299 g/mol. The number of aryl methyl sites for hydroxylation is 1. The van der Waals surface area contributed by atoms with Crippen LogP contribution in [0.2, 0.25) is 0 Å². The maximum absolute atomic E-state index is 14.1. The lowest BCUT2D eigenvalue weighted by Gasteiger charge is -2.13. The van der Waals surface area contributed by atoms with E-state index in [0.717, 1.165) is 19.4 Å². The van der Waals surface area contributed by atoms with Crippen LogP contribution in [0.5, 0.6) is 0 Å². The fraction of sp³-hybridized carbons (Fsp3) is 0.353. The Morgan fingerprint density at radius 2 is 2.22 bits per heavy atom. The first kappa shape index (κ1) is 15.6. The van der Waals surface area contributed by atoms with E-state index < -0.39 is 11.7 Å². The molecule has 1 amide bonds. The van der Waals surface area contributed by atoms with Crippen LogP contribution in [0.25, 0.3) is 0 Å². The van der Waals surface area contributed by atoms with Crippen molar-refractivity contribution in [1.29, 1.82) is 0 Å². The Balaban J connectivity index is 1.60. The van der Waals surface area contributed by atoms with E-state index in [0.29, 0.717) is 23.7 Å². The fourth-order valence-corrected chi connectivity index (χ4v) is 2.51. The smallest absolute Gasteiger partial charge is 0.291 e. The summed E-state index contributed by atoms with van der Waals surface area (Å²) in [5.41, 5.74) is 0.775. The van der Waals surface area contributed by atoms with E-state index in [9.17, 15) is 9.18 Å². The number of rotatable bonds is 5. The van der Waals surface area contributed by atoms with Gasteiger partial charge in [0, 0.05) is 18.8 Å². The number of hydrogen-bond acceptors (Lipinski definition) is 4. The quantitative estimate of drug-likeness (QED) is 0.884. The molecule has 1 atom stereocenters. The van der Waals surface area contributed by atoms with Gasteiger partial charge in [-0.25, -0.2) is 4.39 Å². The molecule has 1 aliphatic heterocycles. The maximum Gasteiger partial charge on any atom is 0.291 e. The van der Waals surface area contributed by atoms with E-state index in [1.54, 1.807) is 31.2 Å². The molecule has 0 unspecified atom stereocenters. The third kappa shape index (κ3) is 3.90. The minimum Gasteiger partial charge on any atom is -0.456 e. The van der Waals surface area contributed by atoms with Gasteiger partial charge in [0.15, 0.2) is 5.76 Å². The molecule has 2 heterocycles. The lowest BCUT2D eigenvalue weighted by Crippen LogP contribution is -2.19. The molecule has 3 rings (SSSR count). The summed E-state index contributed by atoms with van der Waals surface area (Å²) in [6.07, 6.45) is 2.17. The summed E-state index contributed by atoms with van der Waals surface area (Å²) in [7, 11) is 0. The second kappa shape index (κ2) is 6.83. The first-order valence-electron chi connectivity index (χ1n) is 7.64. The van der Waals surface area contributed by atoms with E-state index in [-0.39, 0.29) is 11.9 Å². The molecule has 122 valence electrons. The normalized spacial score (nSPS) is 17.2. The van der Waals surface area contributed by atoms with Gasteiger partial charge in [0.25, 0.3) is 5.91 Å². The number of furan rings is 1. The van der Waals surface area contributed by atoms with Crippen LogP contribution in [-0.2, 0) is 4.74 Å². The predicted octanol–water partition coefficient (Wildman–Crippen LogP) is 3.57. The topological polar surface area (TPSA) is 63.5 Å². The summed E-state index contributed by atoms with van der Waals surface area (Å²) in [4.78, 5) is 12.0. The lowest BCUT2D eigenvalue weighted by atomic mass is 10.2. The average molecular weight is 318 g/mol. The van der Waals surface area contributed by atoms with Gasteiger partial charge in [0.05, 0.1) is 11.8 Å². The van der Waals surface area contributed by atoms with Gasteiger partial charge in [-0.2, -0.15) is 0 Å². The van der Waals surface area contributed by atoms with Crippen LogP contribution in [0.4, 0.5) is 15.8 Å². The number of halogens is 1. The lowest BCUT2D eigenvalue weighted by molar-refractivity contribution is 0.0995. The molecule has 1 aliphatic rings. The van der Waals surface area contributed by atoms with Gasteiger partial charge < -0.3 is 19.8 Å². The third-order valence-electron chi connectivity index (χ3n) is 3.74. The van der Waals surface area contributed by atoms with Gasteiger partial charge >= 0.3 is 0 Å². The molecule has 23 heavy (non-hydrogen) atoms. The second-order valence-corrected chi connectivity index (χ2v) is 5.57. The van der Waals surface area contributed by atoms with Crippen LogP contribution in [-0.4, -0.2) is 25.2 Å². The molecule has 2 aromatic rings. The number of anilines is 2. The largest absolute Gasteiger partial charge is 0.456 e. The summed E-state index contributed by atoms with van der Waals surface area (Å²) in [5.74, 6) is 0.0208. The number of ether oxygens (including phenoxy) is 1. The Bertz CT molecular complexity index is 693. The van der Waals surface area contributed by atoms with Crippen LogP contribution in [0.1, 0.15) is 29.2 Å². The minimum absolute atomic E-state index is 0.135. The molecule has 0 aliphatic carbocycles. The van der Waals surface area contributed by atoms with Gasteiger partial charge in [-0.15, -0.1) is 0 Å². The Morgan fingerprint density at radius 3 is 2.87 bits per heavy atom. The highest BCUT2D eigenvalue weighted by Gasteiger charge is 2.16. The zero-order chi connectivity index (χ0) is 16.2. The van der Waals surface area contributed by atoms with Gasteiger partial charge in [-0.05, 0) is 50.1 Å². The molecule has 0 bridgehead atoms. The molecule has 0 saturated carbocycles. The van der Waals surface area contributed by atoms with Crippen LogP contribution < -0.4 is 10.6 Å². The van der Waals surface area contributed by atoms with Crippen molar-refractivity contribution < 1.29 is 18.3 Å². The van der Waals surface area contributed by atoms with Crippen LogP contribution in [0.3, 0.4) is 0 Å². The molecule has 6 heteroatoms. The summed E-state index contributed by atoms with van der Waals surface area (Å²) in [6.45, 7) is 3.10. The Labute approximate surface area is 133 Å². The van der Waals surface area contributed by atoms with Crippen molar-refractivity contribution >= 4 is 17.3 Å². The van der Waals surface area contributed by atoms with E-state index in [2.05, 4.69) is 10.6 Å². The van der Waals surface area contributed by atoms with E-state index in [1.807, 2.05) is 0 Å². The highest BCUT2D eigenvalue weighted by atomic mass is 19.1. The monoisotopic (exact) mass is 318 g/mol. The molecule has 1 saturated heterocycles. The standard InChI is InChI=1S/C17H19FN2O3/c1-11-4-7-16(23-11)17(21)20-12-5-6-15(14(18)9-12)19-10-13-3-2-8-22-13/h4-7,9,13,19H,2-3,8,10H2,1H3,(H,20,21)/t13-/m0/s1. The molecular formula is C17H19FN2O3. The Hall–Kier alpha value is -2.34. The van der Waals surface area contributed by atoms with Crippen LogP contribution in [0, 0.1) is 12.7 Å². The van der Waals surface area contributed by atoms with Crippen molar-refractivity contribution in [2.75, 3.05) is 23.8 Å². The van der Waals surface area contributed by atoms with E-state index in [4.69, 9.17) is 9.15 Å². The number of amides is 1. The molecule has 2 N–H and O–H groups in total. The number of hydrogen-bond donors (Lipinski definition) is 2. The van der Waals surface area contributed by atoms with Crippen LogP contribution >= 0.6 is 0 Å². The number of nitrogens with one attached hydrogen (secondary N) is 2. The summed E-state index contributed by atoms with van der Waals surface area (Å²) < 4.78 is 24.8. The maximum atomic E-state index is 14.1. The zero-order valence-corrected chi connectivity index (χ0v) is 12.9. The molecule has 1 aromatic heterocycles. The van der Waals surface area contributed by atoms with Gasteiger partial charge in [0.2, 0.25) is 0 Å². The Morgan fingerprint density at radius 1 is 1.35 bits per heavy atom. The molecule has 1 aromatic carbocycles. The average Bonchev–Trinajstić information content (AvgIpc) is 3.18. The van der Waals surface area contributed by atoms with E-state index >= 15 is 0 Å².